The van der Waals surface area contributed by atoms with E-state index in [0.29, 0.717) is 5.92 Å². The molecule has 1 unspecified atom stereocenters. The van der Waals surface area contributed by atoms with E-state index in [1.807, 2.05) is 6.20 Å². The van der Waals surface area contributed by atoms with Crippen LogP contribution in [0.3, 0.4) is 0 Å². The van der Waals surface area contributed by atoms with Crippen LogP contribution in [-0.2, 0) is 0 Å². The van der Waals surface area contributed by atoms with Crippen molar-refractivity contribution in [2.24, 2.45) is 0 Å². The molecule has 0 bridgehead atoms. The molecule has 1 atom stereocenters. The first-order valence-corrected chi connectivity index (χ1v) is 5.51. The molecule has 1 aromatic heterocycles. The fraction of sp³-hybridized carbons (Fsp3) is 0.667. The van der Waals surface area contributed by atoms with Crippen molar-refractivity contribution in [3.05, 3.63) is 16.6 Å². The van der Waals surface area contributed by atoms with Gasteiger partial charge in [0.2, 0.25) is 0 Å². The Labute approximate surface area is 86.7 Å². The van der Waals surface area contributed by atoms with E-state index in [-0.39, 0.29) is 0 Å². The van der Waals surface area contributed by atoms with Crippen molar-refractivity contribution in [2.75, 3.05) is 19.6 Å². The zero-order chi connectivity index (χ0) is 9.26. The van der Waals surface area contributed by atoms with Crippen molar-refractivity contribution in [3.63, 3.8) is 0 Å². The number of halogens is 1. The van der Waals surface area contributed by atoms with Crippen LogP contribution in [-0.4, -0.2) is 34.5 Å². The van der Waals surface area contributed by atoms with E-state index in [2.05, 4.69) is 37.7 Å². The van der Waals surface area contributed by atoms with Crippen LogP contribution in [0.25, 0.3) is 0 Å². The van der Waals surface area contributed by atoms with Crippen molar-refractivity contribution in [2.45, 2.75) is 19.3 Å². The first-order chi connectivity index (χ1) is 6.29. The van der Waals surface area contributed by atoms with Crippen molar-refractivity contribution < 1.29 is 0 Å². The monoisotopic (exact) mass is 243 g/mol. The molecule has 1 aliphatic rings. The van der Waals surface area contributed by atoms with Crippen LogP contribution in [0.4, 0.5) is 0 Å². The lowest BCUT2D eigenvalue weighted by Crippen LogP contribution is -2.19. The molecule has 0 aliphatic carbocycles. The van der Waals surface area contributed by atoms with Crippen molar-refractivity contribution in [1.82, 2.24) is 14.9 Å². The summed E-state index contributed by atoms with van der Waals surface area (Å²) in [7, 11) is 0. The average Bonchev–Trinajstić information content (AvgIpc) is 2.71. The fourth-order valence-electron chi connectivity index (χ4n) is 1.86. The molecule has 1 aliphatic heterocycles. The molecular formula is C9H14BrN3. The summed E-state index contributed by atoms with van der Waals surface area (Å²) in [5, 5.41) is 0. The molecule has 0 spiro atoms. The zero-order valence-corrected chi connectivity index (χ0v) is 9.34. The number of likely N-dealkylation sites (N-methyl/N-ethyl adjacent to an activating group) is 1. The van der Waals surface area contributed by atoms with Crippen LogP contribution in [0, 0.1) is 0 Å². The topological polar surface area (TPSA) is 31.9 Å². The molecule has 0 amide bonds. The Balaban J connectivity index is 2.03. The van der Waals surface area contributed by atoms with Gasteiger partial charge in [0.1, 0.15) is 10.4 Å². The van der Waals surface area contributed by atoms with Crippen molar-refractivity contribution in [1.29, 1.82) is 0 Å². The van der Waals surface area contributed by atoms with Crippen LogP contribution < -0.4 is 0 Å². The van der Waals surface area contributed by atoms with Gasteiger partial charge in [0.15, 0.2) is 0 Å². The predicted molar refractivity (Wildman–Crippen MR) is 55.8 cm³/mol. The summed E-state index contributed by atoms with van der Waals surface area (Å²) in [6.45, 7) is 5.72. The highest BCUT2D eigenvalue weighted by molar-refractivity contribution is 9.10. The highest BCUT2D eigenvalue weighted by Gasteiger charge is 2.24. The second-order valence-electron chi connectivity index (χ2n) is 3.50. The van der Waals surface area contributed by atoms with Crippen molar-refractivity contribution >= 4 is 15.9 Å². The standard InChI is InChI=1S/C9H14BrN3/c1-2-13-4-3-7(6-13)9-11-5-8(10)12-9/h5,7H,2-4,6H2,1H3,(H,11,12). The summed E-state index contributed by atoms with van der Waals surface area (Å²) in [6.07, 6.45) is 3.07. The summed E-state index contributed by atoms with van der Waals surface area (Å²) in [5.41, 5.74) is 0. The Kier molecular flexibility index (Phi) is 2.69. The van der Waals surface area contributed by atoms with Crippen LogP contribution in [0.1, 0.15) is 25.1 Å². The summed E-state index contributed by atoms with van der Waals surface area (Å²) in [6, 6.07) is 0. The molecule has 1 fully saturated rings. The molecule has 0 saturated carbocycles. The number of aromatic nitrogens is 2. The maximum atomic E-state index is 4.34. The maximum absolute atomic E-state index is 4.34. The third-order valence-corrected chi connectivity index (χ3v) is 3.07. The number of H-pyrrole nitrogens is 1. The Morgan fingerprint density at radius 1 is 1.77 bits per heavy atom. The van der Waals surface area contributed by atoms with E-state index in [0.717, 1.165) is 23.5 Å². The van der Waals surface area contributed by atoms with Gasteiger partial charge in [0.25, 0.3) is 0 Å². The van der Waals surface area contributed by atoms with Crippen LogP contribution >= 0.6 is 15.9 Å². The molecule has 4 heteroatoms. The van der Waals surface area contributed by atoms with Gasteiger partial charge in [-0.25, -0.2) is 4.98 Å². The molecule has 0 radical (unpaired) electrons. The number of nitrogens with zero attached hydrogens (tertiary/aromatic N) is 2. The number of nitrogens with one attached hydrogen (secondary N) is 1. The number of likely N-dealkylation sites (tertiary alicyclic amines) is 1. The largest absolute Gasteiger partial charge is 0.336 e. The summed E-state index contributed by atoms with van der Waals surface area (Å²) < 4.78 is 0.984. The van der Waals surface area contributed by atoms with Gasteiger partial charge < -0.3 is 9.88 Å². The quantitative estimate of drug-likeness (QED) is 0.862. The van der Waals surface area contributed by atoms with E-state index >= 15 is 0 Å². The first kappa shape index (κ1) is 9.21. The van der Waals surface area contributed by atoms with E-state index in [1.54, 1.807) is 0 Å². The Bertz CT molecular complexity index is 284. The second-order valence-corrected chi connectivity index (χ2v) is 4.35. The fourth-order valence-corrected chi connectivity index (χ4v) is 2.17. The minimum atomic E-state index is 0.603. The normalized spacial score (nSPS) is 24.0. The molecule has 2 rings (SSSR count). The lowest BCUT2D eigenvalue weighted by Gasteiger charge is -2.11. The van der Waals surface area contributed by atoms with Gasteiger partial charge in [0.05, 0.1) is 6.20 Å². The van der Waals surface area contributed by atoms with Gasteiger partial charge in [-0.15, -0.1) is 0 Å². The second kappa shape index (κ2) is 3.80. The predicted octanol–water partition coefficient (Wildman–Crippen LogP) is 1.98. The highest BCUT2D eigenvalue weighted by Crippen LogP contribution is 2.25. The molecule has 1 aromatic rings. The number of hydrogen-bond acceptors (Lipinski definition) is 2. The maximum Gasteiger partial charge on any atom is 0.111 e. The van der Waals surface area contributed by atoms with Gasteiger partial charge in [-0.1, -0.05) is 6.92 Å². The minimum Gasteiger partial charge on any atom is -0.336 e. The lowest BCUT2D eigenvalue weighted by molar-refractivity contribution is 0.352. The zero-order valence-electron chi connectivity index (χ0n) is 7.76. The smallest absolute Gasteiger partial charge is 0.111 e. The number of imidazole rings is 1. The molecular weight excluding hydrogens is 230 g/mol. The van der Waals surface area contributed by atoms with E-state index in [1.165, 1.54) is 13.0 Å². The molecule has 2 heterocycles. The van der Waals surface area contributed by atoms with E-state index in [9.17, 15) is 0 Å². The Morgan fingerprint density at radius 3 is 3.15 bits per heavy atom. The van der Waals surface area contributed by atoms with E-state index < -0.39 is 0 Å². The van der Waals surface area contributed by atoms with Crippen LogP contribution in [0.2, 0.25) is 0 Å². The highest BCUT2D eigenvalue weighted by atomic mass is 79.9. The Hall–Kier alpha value is -0.350. The first-order valence-electron chi connectivity index (χ1n) is 4.72. The van der Waals surface area contributed by atoms with Gasteiger partial charge in [-0.05, 0) is 35.4 Å². The van der Waals surface area contributed by atoms with Crippen LogP contribution in [0.5, 0.6) is 0 Å². The summed E-state index contributed by atoms with van der Waals surface area (Å²) >= 11 is 3.38. The molecule has 1 saturated heterocycles. The third kappa shape index (κ3) is 1.94. The summed E-state index contributed by atoms with van der Waals surface area (Å²) in [4.78, 5) is 10.0. The van der Waals surface area contributed by atoms with Crippen LogP contribution in [0.15, 0.2) is 10.8 Å². The molecule has 0 aromatic carbocycles. The number of hydrogen-bond donors (Lipinski definition) is 1. The molecule has 72 valence electrons. The average molecular weight is 244 g/mol. The van der Waals surface area contributed by atoms with Gasteiger partial charge >= 0.3 is 0 Å². The number of aromatic amines is 1. The molecule has 13 heavy (non-hydrogen) atoms. The lowest BCUT2D eigenvalue weighted by atomic mass is 10.1. The van der Waals surface area contributed by atoms with Gasteiger partial charge in [-0.2, -0.15) is 0 Å². The molecule has 1 N–H and O–H groups in total. The van der Waals surface area contributed by atoms with Gasteiger partial charge in [-0.3, -0.25) is 0 Å². The SMILES string of the molecule is CCN1CCC(c2ncc(Br)[nH]2)C1. The summed E-state index contributed by atoms with van der Waals surface area (Å²) in [5.74, 6) is 1.73. The number of rotatable bonds is 2. The minimum absolute atomic E-state index is 0.603. The van der Waals surface area contributed by atoms with Gasteiger partial charge in [0, 0.05) is 12.5 Å². The Morgan fingerprint density at radius 2 is 2.62 bits per heavy atom. The van der Waals surface area contributed by atoms with E-state index in [4.69, 9.17) is 0 Å². The van der Waals surface area contributed by atoms with Crippen molar-refractivity contribution in [3.8, 4) is 0 Å². The molecule has 3 nitrogen and oxygen atoms in total. The third-order valence-electron chi connectivity index (χ3n) is 2.67.